The molecule has 3 rings (SSSR count). The zero-order valence-corrected chi connectivity index (χ0v) is 10.5. The second-order valence-electron chi connectivity index (χ2n) is 4.80. The minimum Gasteiger partial charge on any atom is -0.399 e. The minimum absolute atomic E-state index is 0.0791. The van der Waals surface area contributed by atoms with Crippen LogP contribution in [0.2, 0.25) is 0 Å². The Bertz CT molecular complexity index is 625. The van der Waals surface area contributed by atoms with Gasteiger partial charge in [-0.05, 0) is 24.6 Å². The number of carbonyl (C=O) groups is 1. The van der Waals surface area contributed by atoms with E-state index in [4.69, 9.17) is 5.73 Å². The summed E-state index contributed by atoms with van der Waals surface area (Å²) in [6, 6.07) is 5.66. The fourth-order valence-corrected chi connectivity index (χ4v) is 2.62. The van der Waals surface area contributed by atoms with Gasteiger partial charge in [0.1, 0.15) is 12.4 Å². The Balaban J connectivity index is 2.08. The molecule has 19 heavy (non-hydrogen) atoms. The third-order valence-corrected chi connectivity index (χ3v) is 3.53. The van der Waals surface area contributed by atoms with Crippen LogP contribution in [0.25, 0.3) is 11.0 Å². The lowest BCUT2D eigenvalue weighted by Gasteiger charge is -2.25. The van der Waals surface area contributed by atoms with E-state index >= 15 is 0 Å². The zero-order chi connectivity index (χ0) is 13.4. The summed E-state index contributed by atoms with van der Waals surface area (Å²) in [7, 11) is 0. The molecule has 2 heterocycles. The lowest BCUT2D eigenvalue weighted by atomic mass is 10.1. The van der Waals surface area contributed by atoms with Crippen molar-refractivity contribution in [2.45, 2.75) is 25.5 Å². The number of amides is 1. The Morgan fingerprint density at radius 1 is 1.53 bits per heavy atom. The number of nitrogens with zero attached hydrogens (tertiary/aromatic N) is 2. The van der Waals surface area contributed by atoms with Gasteiger partial charge in [0, 0.05) is 18.7 Å². The highest BCUT2D eigenvalue weighted by molar-refractivity contribution is 5.80. The molecule has 1 aliphatic rings. The molecule has 0 spiro atoms. The molecule has 1 saturated heterocycles. The second kappa shape index (κ2) is 4.55. The van der Waals surface area contributed by atoms with E-state index in [9.17, 15) is 9.90 Å². The number of aliphatic hydroxyl groups is 1. The van der Waals surface area contributed by atoms with Crippen molar-refractivity contribution in [2.75, 3.05) is 12.3 Å². The van der Waals surface area contributed by atoms with Crippen molar-refractivity contribution in [3.05, 3.63) is 24.0 Å². The van der Waals surface area contributed by atoms with E-state index in [1.807, 2.05) is 16.7 Å². The summed E-state index contributed by atoms with van der Waals surface area (Å²) in [5.74, 6) is 0.692. The zero-order valence-electron chi connectivity index (χ0n) is 10.5. The van der Waals surface area contributed by atoms with Crippen LogP contribution in [0.3, 0.4) is 0 Å². The maximum Gasteiger partial charge on any atom is 0.220 e. The number of nitrogens with one attached hydrogen (secondary N) is 1. The largest absolute Gasteiger partial charge is 0.399 e. The molecule has 1 aliphatic heterocycles. The number of carbonyl (C=O) groups excluding carboxylic acids is 1. The first-order valence-corrected chi connectivity index (χ1v) is 6.33. The number of hydrogen-bond acceptors (Lipinski definition) is 4. The second-order valence-corrected chi connectivity index (χ2v) is 4.80. The molecule has 0 bridgehead atoms. The van der Waals surface area contributed by atoms with E-state index < -0.39 is 0 Å². The fourth-order valence-electron chi connectivity index (χ4n) is 2.62. The summed E-state index contributed by atoms with van der Waals surface area (Å²) in [5.41, 5.74) is 8.13. The number of benzene rings is 1. The van der Waals surface area contributed by atoms with Gasteiger partial charge in [0.15, 0.2) is 0 Å². The van der Waals surface area contributed by atoms with Gasteiger partial charge < -0.3 is 20.7 Å². The maximum absolute atomic E-state index is 11.2. The summed E-state index contributed by atoms with van der Waals surface area (Å²) < 4.78 is 2.01. The summed E-state index contributed by atoms with van der Waals surface area (Å²) in [4.78, 5) is 15.6. The number of nitrogen functional groups attached to an aromatic ring is 1. The van der Waals surface area contributed by atoms with E-state index in [1.54, 1.807) is 6.07 Å². The molecule has 1 aromatic carbocycles. The van der Waals surface area contributed by atoms with Crippen LogP contribution in [0.1, 0.15) is 24.7 Å². The summed E-state index contributed by atoms with van der Waals surface area (Å²) in [6.07, 6.45) is 1.26. The number of nitrogens with two attached hydrogens (primary N) is 1. The van der Waals surface area contributed by atoms with Crippen molar-refractivity contribution >= 4 is 22.6 Å². The molecule has 6 heteroatoms. The Kier molecular flexibility index (Phi) is 2.87. The van der Waals surface area contributed by atoms with Crippen LogP contribution in [-0.4, -0.2) is 27.1 Å². The average molecular weight is 260 g/mol. The Labute approximate surface area is 110 Å². The first-order chi connectivity index (χ1) is 9.19. The van der Waals surface area contributed by atoms with Crippen molar-refractivity contribution in [1.29, 1.82) is 0 Å². The number of fused-ring (bicyclic) bond motifs is 1. The number of imidazole rings is 1. The highest BCUT2D eigenvalue weighted by atomic mass is 16.3. The molecule has 0 saturated carbocycles. The van der Waals surface area contributed by atoms with Crippen LogP contribution >= 0.6 is 0 Å². The average Bonchev–Trinajstić information content (AvgIpc) is 2.77. The first kappa shape index (κ1) is 12.0. The summed E-state index contributed by atoms with van der Waals surface area (Å²) in [6.45, 7) is 0.445. The van der Waals surface area contributed by atoms with E-state index in [1.165, 1.54) is 0 Å². The van der Waals surface area contributed by atoms with Crippen LogP contribution in [0, 0.1) is 0 Å². The maximum atomic E-state index is 11.2. The van der Waals surface area contributed by atoms with Crippen LogP contribution in [-0.2, 0) is 11.4 Å². The standard InChI is InChI=1S/C13H16N4O2/c14-8-1-3-11-10(5-8)16-12(7-18)17(11)9-2-4-13(19)15-6-9/h1,3,5,9,18H,2,4,6-7,14H2,(H,15,19). The summed E-state index contributed by atoms with van der Waals surface area (Å²) in [5, 5.41) is 12.3. The van der Waals surface area contributed by atoms with E-state index in [0.29, 0.717) is 24.5 Å². The third kappa shape index (κ3) is 2.04. The lowest BCUT2D eigenvalue weighted by Crippen LogP contribution is -2.36. The molecule has 0 aliphatic carbocycles. The first-order valence-electron chi connectivity index (χ1n) is 6.33. The van der Waals surface area contributed by atoms with Gasteiger partial charge in [-0.1, -0.05) is 0 Å². The van der Waals surface area contributed by atoms with Crippen LogP contribution < -0.4 is 11.1 Å². The molecule has 1 aromatic heterocycles. The molecule has 1 amide bonds. The predicted molar refractivity (Wildman–Crippen MR) is 71.3 cm³/mol. The van der Waals surface area contributed by atoms with Gasteiger partial charge >= 0.3 is 0 Å². The van der Waals surface area contributed by atoms with Gasteiger partial charge in [0.2, 0.25) is 5.91 Å². The molecule has 6 nitrogen and oxygen atoms in total. The van der Waals surface area contributed by atoms with Gasteiger partial charge in [-0.3, -0.25) is 4.79 Å². The highest BCUT2D eigenvalue weighted by Gasteiger charge is 2.23. The number of hydrogen-bond donors (Lipinski definition) is 3. The number of aromatic nitrogens is 2. The smallest absolute Gasteiger partial charge is 0.220 e. The SMILES string of the molecule is Nc1ccc2c(c1)nc(CO)n2C1CCC(=O)NC1. The fraction of sp³-hybridized carbons (Fsp3) is 0.385. The highest BCUT2D eigenvalue weighted by Crippen LogP contribution is 2.27. The van der Waals surface area contributed by atoms with Crippen molar-refractivity contribution in [3.63, 3.8) is 0 Å². The van der Waals surface area contributed by atoms with Crippen molar-refractivity contribution in [1.82, 2.24) is 14.9 Å². The van der Waals surface area contributed by atoms with Gasteiger partial charge in [-0.25, -0.2) is 4.98 Å². The number of piperidine rings is 1. The molecular formula is C13H16N4O2. The van der Waals surface area contributed by atoms with E-state index in [2.05, 4.69) is 10.3 Å². The molecule has 4 N–H and O–H groups in total. The predicted octanol–water partition coefficient (Wildman–Crippen LogP) is 0.562. The third-order valence-electron chi connectivity index (χ3n) is 3.53. The van der Waals surface area contributed by atoms with Crippen LogP contribution in [0.4, 0.5) is 5.69 Å². The molecule has 1 unspecified atom stereocenters. The van der Waals surface area contributed by atoms with Gasteiger partial charge in [-0.15, -0.1) is 0 Å². The number of aliphatic hydroxyl groups excluding tert-OH is 1. The lowest BCUT2D eigenvalue weighted by molar-refractivity contribution is -0.122. The van der Waals surface area contributed by atoms with E-state index in [-0.39, 0.29) is 18.6 Å². The van der Waals surface area contributed by atoms with E-state index in [0.717, 1.165) is 17.5 Å². The molecule has 100 valence electrons. The number of anilines is 1. The normalized spacial score (nSPS) is 19.6. The Hall–Kier alpha value is -2.08. The molecule has 2 aromatic rings. The van der Waals surface area contributed by atoms with Crippen LogP contribution in [0.15, 0.2) is 18.2 Å². The van der Waals surface area contributed by atoms with Crippen molar-refractivity contribution < 1.29 is 9.90 Å². The monoisotopic (exact) mass is 260 g/mol. The quantitative estimate of drug-likeness (QED) is 0.688. The molecule has 1 fully saturated rings. The van der Waals surface area contributed by atoms with Gasteiger partial charge in [0.05, 0.1) is 17.1 Å². The van der Waals surface area contributed by atoms with Gasteiger partial charge in [0.25, 0.3) is 0 Å². The van der Waals surface area contributed by atoms with Crippen LogP contribution in [0.5, 0.6) is 0 Å². The topological polar surface area (TPSA) is 93.2 Å². The van der Waals surface area contributed by atoms with Crippen molar-refractivity contribution in [3.8, 4) is 0 Å². The molecule has 1 atom stereocenters. The Morgan fingerprint density at radius 3 is 3.05 bits per heavy atom. The minimum atomic E-state index is -0.126. The molecular weight excluding hydrogens is 244 g/mol. The van der Waals surface area contributed by atoms with Gasteiger partial charge in [-0.2, -0.15) is 0 Å². The van der Waals surface area contributed by atoms with Crippen molar-refractivity contribution in [2.24, 2.45) is 0 Å². The Morgan fingerprint density at radius 2 is 2.37 bits per heavy atom. The molecule has 0 radical (unpaired) electrons. The number of rotatable bonds is 2. The summed E-state index contributed by atoms with van der Waals surface area (Å²) >= 11 is 0.